The van der Waals surface area contributed by atoms with Crippen LogP contribution in [0.3, 0.4) is 0 Å². The smallest absolute Gasteiger partial charge is 0.271 e. The molecule has 2 aromatic rings. The Morgan fingerprint density at radius 3 is 2.22 bits per heavy atom. The van der Waals surface area contributed by atoms with Crippen LogP contribution in [0.4, 0.5) is 14.5 Å². The first-order chi connectivity index (χ1) is 16.8. The predicted octanol–water partition coefficient (Wildman–Crippen LogP) is 6.44. The SMILES string of the molecule is C=CN(NC(=O)c1cc(NC(=O)C2C(c3cc(Cl)cc(Cl)c3)C2(Cl)Cl)ccc1Cl)C(=O)C1CC1(F)F. The topological polar surface area (TPSA) is 78.5 Å². The van der Waals surface area contributed by atoms with Gasteiger partial charge in [-0.05, 0) is 42.0 Å². The summed E-state index contributed by atoms with van der Waals surface area (Å²) in [5, 5.41) is 3.91. The lowest BCUT2D eigenvalue weighted by Gasteiger charge is -2.19. The molecule has 3 atom stereocenters. The van der Waals surface area contributed by atoms with Crippen LogP contribution < -0.4 is 10.7 Å². The fraction of sp³-hybridized carbons (Fsp3) is 0.261. The Bertz CT molecular complexity index is 1270. The number of nitrogens with one attached hydrogen (secondary N) is 2. The van der Waals surface area contributed by atoms with Crippen LogP contribution in [0.15, 0.2) is 49.2 Å². The van der Waals surface area contributed by atoms with Crippen molar-refractivity contribution in [3.05, 3.63) is 75.4 Å². The summed E-state index contributed by atoms with van der Waals surface area (Å²) in [7, 11) is 0. The molecule has 0 heterocycles. The molecule has 0 spiro atoms. The van der Waals surface area contributed by atoms with E-state index in [1.807, 2.05) is 0 Å². The number of nitrogens with zero attached hydrogens (tertiary/aromatic N) is 1. The third-order valence-corrected chi connectivity index (χ3v) is 7.53. The molecule has 2 fully saturated rings. The largest absolute Gasteiger partial charge is 0.326 e. The van der Waals surface area contributed by atoms with Gasteiger partial charge in [0.05, 0.1) is 16.5 Å². The summed E-state index contributed by atoms with van der Waals surface area (Å²) < 4.78 is 25.1. The maximum atomic E-state index is 13.3. The number of halogens is 7. The number of hydrogen-bond donors (Lipinski definition) is 2. The first-order valence-electron chi connectivity index (χ1n) is 10.3. The van der Waals surface area contributed by atoms with E-state index < -0.39 is 52.2 Å². The second-order valence-corrected chi connectivity index (χ2v) is 11.1. The Balaban J connectivity index is 1.47. The highest BCUT2D eigenvalue weighted by Crippen LogP contribution is 2.65. The summed E-state index contributed by atoms with van der Waals surface area (Å²) in [6, 6.07) is 8.79. The van der Waals surface area contributed by atoms with Gasteiger partial charge in [-0.15, -0.1) is 23.2 Å². The second-order valence-electron chi connectivity index (χ2n) is 8.37. The monoisotopic (exact) mass is 595 g/mol. The van der Waals surface area contributed by atoms with Gasteiger partial charge in [0.2, 0.25) is 5.91 Å². The number of benzene rings is 2. The standard InChI is InChI=1S/C23H16Cl5F2N3O3/c1-2-33(21(36)15-9-22(15,29)30)32-19(34)14-8-13(3-4-16(14)26)31-20(35)18-17(23(18,27)28)10-5-11(24)7-12(25)6-10/h2-8,15,17-18H,1,9H2,(H,31,35)(H,32,34). The molecule has 36 heavy (non-hydrogen) atoms. The molecule has 2 saturated carbocycles. The van der Waals surface area contributed by atoms with E-state index in [0.29, 0.717) is 20.6 Å². The fourth-order valence-electron chi connectivity index (χ4n) is 3.83. The van der Waals surface area contributed by atoms with E-state index in [-0.39, 0.29) is 16.3 Å². The normalized spacial score (nSPS) is 22.8. The van der Waals surface area contributed by atoms with Crippen LogP contribution in [0.1, 0.15) is 28.3 Å². The minimum atomic E-state index is -3.12. The second kappa shape index (κ2) is 9.65. The van der Waals surface area contributed by atoms with Gasteiger partial charge >= 0.3 is 0 Å². The Morgan fingerprint density at radius 1 is 1.06 bits per heavy atom. The highest BCUT2D eigenvalue weighted by Gasteiger charge is 2.67. The van der Waals surface area contributed by atoms with Crippen molar-refractivity contribution in [2.24, 2.45) is 11.8 Å². The summed E-state index contributed by atoms with van der Waals surface area (Å²) in [5.41, 5.74) is 2.82. The number of hydrogen-bond acceptors (Lipinski definition) is 3. The zero-order valence-corrected chi connectivity index (χ0v) is 21.8. The van der Waals surface area contributed by atoms with Crippen LogP contribution in [-0.4, -0.2) is 33.0 Å². The highest BCUT2D eigenvalue weighted by molar-refractivity contribution is 6.53. The van der Waals surface area contributed by atoms with Crippen LogP contribution in [0.2, 0.25) is 15.1 Å². The lowest BCUT2D eigenvalue weighted by atomic mass is 10.1. The van der Waals surface area contributed by atoms with E-state index in [1.54, 1.807) is 12.1 Å². The van der Waals surface area contributed by atoms with E-state index in [9.17, 15) is 23.2 Å². The van der Waals surface area contributed by atoms with Gasteiger partial charge in [-0.1, -0.05) is 41.4 Å². The molecule has 3 unspecified atom stereocenters. The number of amides is 3. The molecule has 0 saturated heterocycles. The average molecular weight is 598 g/mol. The van der Waals surface area contributed by atoms with E-state index >= 15 is 0 Å². The Kier molecular flexibility index (Phi) is 7.22. The molecule has 2 N–H and O–H groups in total. The van der Waals surface area contributed by atoms with Gasteiger partial charge in [-0.25, -0.2) is 13.8 Å². The number of anilines is 1. The first kappa shape index (κ1) is 26.9. The van der Waals surface area contributed by atoms with Crippen molar-refractivity contribution in [1.82, 2.24) is 10.4 Å². The molecule has 6 nitrogen and oxygen atoms in total. The summed E-state index contributed by atoms with van der Waals surface area (Å²) >= 11 is 30.9. The zero-order valence-electron chi connectivity index (χ0n) is 18.0. The van der Waals surface area contributed by atoms with Crippen molar-refractivity contribution in [2.45, 2.75) is 22.6 Å². The average Bonchev–Trinajstić information content (AvgIpc) is 3.61. The Labute approximate surface area is 229 Å². The molecule has 2 aromatic carbocycles. The van der Waals surface area contributed by atoms with Crippen LogP contribution in [0, 0.1) is 11.8 Å². The molecule has 0 bridgehead atoms. The summed E-state index contributed by atoms with van der Waals surface area (Å²) in [4.78, 5) is 37.9. The quantitative estimate of drug-likeness (QED) is 0.297. The fourth-order valence-corrected chi connectivity index (χ4v) is 5.40. The van der Waals surface area contributed by atoms with Gasteiger partial charge in [0.15, 0.2) is 0 Å². The molecule has 3 amide bonds. The number of hydrazine groups is 1. The van der Waals surface area contributed by atoms with Crippen molar-refractivity contribution in [2.75, 3.05) is 5.32 Å². The van der Waals surface area contributed by atoms with Crippen LogP contribution >= 0.6 is 58.0 Å². The van der Waals surface area contributed by atoms with Gasteiger partial charge in [0.25, 0.3) is 17.7 Å². The van der Waals surface area contributed by atoms with Crippen LogP contribution in [0.25, 0.3) is 0 Å². The van der Waals surface area contributed by atoms with E-state index in [4.69, 9.17) is 58.0 Å². The molecule has 0 aromatic heterocycles. The lowest BCUT2D eigenvalue weighted by Crippen LogP contribution is -2.44. The van der Waals surface area contributed by atoms with Gasteiger partial charge < -0.3 is 5.32 Å². The first-order valence-corrected chi connectivity index (χ1v) is 12.2. The van der Waals surface area contributed by atoms with Gasteiger partial charge in [0.1, 0.15) is 10.3 Å². The van der Waals surface area contributed by atoms with Crippen molar-refractivity contribution < 1.29 is 23.2 Å². The molecule has 2 aliphatic carbocycles. The molecule has 0 radical (unpaired) electrons. The Morgan fingerprint density at radius 2 is 1.67 bits per heavy atom. The third-order valence-electron chi connectivity index (χ3n) is 5.82. The molecule has 13 heteroatoms. The summed E-state index contributed by atoms with van der Waals surface area (Å²) in [6.07, 6.45) is 0.296. The molecule has 2 aliphatic rings. The number of carbonyl (C=O) groups is 3. The molecule has 0 aliphatic heterocycles. The minimum absolute atomic E-state index is 0.0133. The van der Waals surface area contributed by atoms with E-state index in [2.05, 4.69) is 17.3 Å². The van der Waals surface area contributed by atoms with Gasteiger partial charge in [-0.2, -0.15) is 0 Å². The van der Waals surface area contributed by atoms with Crippen molar-refractivity contribution >= 4 is 81.4 Å². The number of alkyl halides is 4. The maximum absolute atomic E-state index is 13.3. The highest BCUT2D eigenvalue weighted by atomic mass is 35.5. The maximum Gasteiger partial charge on any atom is 0.271 e. The lowest BCUT2D eigenvalue weighted by molar-refractivity contribution is -0.134. The molecule has 190 valence electrons. The molecular formula is C23H16Cl5F2N3O3. The van der Waals surface area contributed by atoms with Crippen molar-refractivity contribution in [3.63, 3.8) is 0 Å². The van der Waals surface area contributed by atoms with Crippen LogP contribution in [0.5, 0.6) is 0 Å². The van der Waals surface area contributed by atoms with Gasteiger partial charge in [-0.3, -0.25) is 19.8 Å². The molecule has 4 rings (SSSR count). The summed E-state index contributed by atoms with van der Waals surface area (Å²) in [5.74, 6) is -8.52. The molecular weight excluding hydrogens is 582 g/mol. The number of carbonyl (C=O) groups excluding carboxylic acids is 3. The van der Waals surface area contributed by atoms with Crippen molar-refractivity contribution in [1.29, 1.82) is 0 Å². The summed E-state index contributed by atoms with van der Waals surface area (Å²) in [6.45, 7) is 3.36. The zero-order chi connectivity index (χ0) is 26.6. The van der Waals surface area contributed by atoms with E-state index in [0.717, 1.165) is 6.20 Å². The van der Waals surface area contributed by atoms with Crippen LogP contribution in [-0.2, 0) is 9.59 Å². The third kappa shape index (κ3) is 5.29. The predicted molar refractivity (Wildman–Crippen MR) is 135 cm³/mol. The van der Waals surface area contributed by atoms with E-state index in [1.165, 1.54) is 24.3 Å². The number of rotatable bonds is 6. The minimum Gasteiger partial charge on any atom is -0.326 e. The Hall–Kier alpha value is -2.10. The van der Waals surface area contributed by atoms with Crippen molar-refractivity contribution in [3.8, 4) is 0 Å². The van der Waals surface area contributed by atoms with Gasteiger partial charge in [0, 0.05) is 34.3 Å².